The number of hydrogen-bond donors (Lipinski definition) is 0. The fraction of sp³-hybridized carbons (Fsp3) is 0.364. The number of nitrogens with zero attached hydrogens (tertiary/aromatic N) is 2. The van der Waals surface area contributed by atoms with Gasteiger partial charge in [0.1, 0.15) is 6.10 Å². The summed E-state index contributed by atoms with van der Waals surface area (Å²) in [6.07, 6.45) is -3.14. The Labute approximate surface area is 176 Å². The highest BCUT2D eigenvalue weighted by molar-refractivity contribution is 7.20. The van der Waals surface area contributed by atoms with Gasteiger partial charge in [0.2, 0.25) is 0 Å². The van der Waals surface area contributed by atoms with Gasteiger partial charge in [0.05, 0.1) is 15.8 Å². The van der Waals surface area contributed by atoms with Gasteiger partial charge >= 0.3 is 6.18 Å². The SMILES string of the molecule is Cc1ccc(C)c2sc(OC3CCN(C(=O)c4ccc(C(F)(F)F)cc4)CC3)nc12. The van der Waals surface area contributed by atoms with Crippen molar-refractivity contribution in [3.05, 3.63) is 58.7 Å². The van der Waals surface area contributed by atoms with E-state index < -0.39 is 11.7 Å². The Morgan fingerprint density at radius 1 is 1.07 bits per heavy atom. The van der Waals surface area contributed by atoms with Crippen molar-refractivity contribution in [2.75, 3.05) is 13.1 Å². The zero-order chi connectivity index (χ0) is 21.5. The first-order valence-corrected chi connectivity index (χ1v) is 10.5. The fourth-order valence-electron chi connectivity index (χ4n) is 3.59. The summed E-state index contributed by atoms with van der Waals surface area (Å²) in [5.74, 6) is -0.256. The first kappa shape index (κ1) is 20.7. The van der Waals surface area contributed by atoms with E-state index in [0.29, 0.717) is 31.1 Å². The maximum absolute atomic E-state index is 12.7. The molecule has 0 saturated carbocycles. The van der Waals surface area contributed by atoms with Crippen molar-refractivity contribution in [1.29, 1.82) is 0 Å². The number of carbonyl (C=O) groups excluding carboxylic acids is 1. The first-order chi connectivity index (χ1) is 14.2. The Morgan fingerprint density at radius 2 is 1.70 bits per heavy atom. The lowest BCUT2D eigenvalue weighted by Gasteiger charge is -2.31. The average molecular weight is 434 g/mol. The molecule has 0 radical (unpaired) electrons. The molecule has 30 heavy (non-hydrogen) atoms. The molecule has 0 atom stereocenters. The van der Waals surface area contributed by atoms with Gasteiger partial charge in [0.25, 0.3) is 11.1 Å². The van der Waals surface area contributed by atoms with Crippen LogP contribution in [0.5, 0.6) is 5.19 Å². The smallest absolute Gasteiger partial charge is 0.416 e. The van der Waals surface area contributed by atoms with Crippen molar-refractivity contribution in [2.45, 2.75) is 39.0 Å². The highest BCUT2D eigenvalue weighted by Crippen LogP contribution is 2.34. The molecular formula is C22H21F3N2O2S. The minimum absolute atomic E-state index is 0.0390. The van der Waals surface area contributed by atoms with Crippen LogP contribution in [0.3, 0.4) is 0 Å². The van der Waals surface area contributed by atoms with Crippen LogP contribution >= 0.6 is 11.3 Å². The number of alkyl halides is 3. The van der Waals surface area contributed by atoms with Crippen LogP contribution < -0.4 is 4.74 Å². The Balaban J connectivity index is 1.37. The van der Waals surface area contributed by atoms with Crippen molar-refractivity contribution in [2.24, 2.45) is 0 Å². The number of halogens is 3. The third-order valence-corrected chi connectivity index (χ3v) is 6.46. The van der Waals surface area contributed by atoms with Gasteiger partial charge in [-0.15, -0.1) is 0 Å². The number of aromatic nitrogens is 1. The van der Waals surface area contributed by atoms with Crippen LogP contribution in [0.1, 0.15) is 39.9 Å². The fourth-order valence-corrected chi connectivity index (χ4v) is 4.62. The van der Waals surface area contributed by atoms with Crippen LogP contribution in [0.25, 0.3) is 10.2 Å². The molecular weight excluding hydrogens is 413 g/mol. The zero-order valence-electron chi connectivity index (χ0n) is 16.6. The first-order valence-electron chi connectivity index (χ1n) is 9.72. The minimum atomic E-state index is -4.41. The molecule has 2 heterocycles. The molecule has 4 nitrogen and oxygen atoms in total. The van der Waals surface area contributed by atoms with Crippen molar-refractivity contribution in [1.82, 2.24) is 9.88 Å². The van der Waals surface area contributed by atoms with Crippen LogP contribution in [0.15, 0.2) is 36.4 Å². The Morgan fingerprint density at radius 3 is 2.30 bits per heavy atom. The monoisotopic (exact) mass is 434 g/mol. The van der Waals surface area contributed by atoms with Crippen molar-refractivity contribution < 1.29 is 22.7 Å². The molecule has 1 aromatic heterocycles. The van der Waals surface area contributed by atoms with Crippen molar-refractivity contribution in [3.8, 4) is 5.19 Å². The van der Waals surface area contributed by atoms with Gasteiger partial charge in [-0.2, -0.15) is 13.2 Å². The number of rotatable bonds is 3. The van der Waals surface area contributed by atoms with Crippen LogP contribution in [0.2, 0.25) is 0 Å². The third-order valence-electron chi connectivity index (χ3n) is 5.38. The van der Waals surface area contributed by atoms with Crippen LogP contribution in [0, 0.1) is 13.8 Å². The molecule has 1 amide bonds. The second kappa shape index (κ2) is 7.91. The third kappa shape index (κ3) is 4.14. The number of fused-ring (bicyclic) bond motifs is 1. The summed E-state index contributed by atoms with van der Waals surface area (Å²) >= 11 is 1.53. The molecule has 3 aromatic rings. The number of thiazole rings is 1. The number of aryl methyl sites for hydroxylation is 2. The van der Waals surface area contributed by atoms with Gasteiger partial charge in [-0.3, -0.25) is 4.79 Å². The predicted molar refractivity (Wildman–Crippen MR) is 110 cm³/mol. The largest absolute Gasteiger partial charge is 0.467 e. The molecule has 1 fully saturated rings. The molecule has 0 N–H and O–H groups in total. The summed E-state index contributed by atoms with van der Waals surface area (Å²) in [7, 11) is 0. The van der Waals surface area contributed by atoms with E-state index in [1.807, 2.05) is 13.0 Å². The molecule has 0 spiro atoms. The standard InChI is InChI=1S/C22H21F3N2O2S/c1-13-3-4-14(2)19-18(13)26-21(30-19)29-17-9-11-27(12-10-17)20(28)15-5-7-16(8-6-15)22(23,24)25/h3-8,17H,9-12H2,1-2H3. The number of ether oxygens (including phenoxy) is 1. The second-order valence-electron chi connectivity index (χ2n) is 7.54. The summed E-state index contributed by atoms with van der Waals surface area (Å²) in [6.45, 7) is 5.06. The van der Waals surface area contributed by atoms with Crippen molar-refractivity contribution in [3.63, 3.8) is 0 Å². The predicted octanol–water partition coefficient (Wildman–Crippen LogP) is 5.62. The van der Waals surface area contributed by atoms with E-state index in [1.165, 1.54) is 29.0 Å². The van der Waals surface area contributed by atoms with E-state index >= 15 is 0 Å². The van der Waals surface area contributed by atoms with Gasteiger partial charge in [0, 0.05) is 31.5 Å². The van der Waals surface area contributed by atoms with Crippen LogP contribution in [0.4, 0.5) is 13.2 Å². The van der Waals surface area contributed by atoms with E-state index in [2.05, 4.69) is 18.0 Å². The van der Waals surface area contributed by atoms with Crippen molar-refractivity contribution >= 4 is 27.5 Å². The molecule has 1 saturated heterocycles. The lowest BCUT2D eigenvalue weighted by Crippen LogP contribution is -2.41. The van der Waals surface area contributed by atoms with E-state index in [0.717, 1.165) is 27.9 Å². The summed E-state index contributed by atoms with van der Waals surface area (Å²) in [4.78, 5) is 18.9. The van der Waals surface area contributed by atoms with Gasteiger partial charge < -0.3 is 9.64 Å². The van der Waals surface area contributed by atoms with Gasteiger partial charge in [-0.1, -0.05) is 23.5 Å². The number of piperidine rings is 1. The van der Waals surface area contributed by atoms with Crippen LogP contribution in [-0.4, -0.2) is 35.0 Å². The molecule has 0 aliphatic carbocycles. The minimum Gasteiger partial charge on any atom is -0.467 e. The molecule has 8 heteroatoms. The quantitative estimate of drug-likeness (QED) is 0.538. The average Bonchev–Trinajstić information content (AvgIpc) is 3.15. The van der Waals surface area contributed by atoms with Gasteiger partial charge in [0.15, 0.2) is 0 Å². The molecule has 2 aromatic carbocycles. The Hall–Kier alpha value is -2.61. The summed E-state index contributed by atoms with van der Waals surface area (Å²) < 4.78 is 45.3. The van der Waals surface area contributed by atoms with E-state index in [9.17, 15) is 18.0 Å². The zero-order valence-corrected chi connectivity index (χ0v) is 17.4. The van der Waals surface area contributed by atoms with Gasteiger partial charge in [-0.05, 0) is 49.2 Å². The number of benzene rings is 2. The highest BCUT2D eigenvalue weighted by atomic mass is 32.1. The lowest BCUT2D eigenvalue weighted by molar-refractivity contribution is -0.137. The van der Waals surface area contributed by atoms with E-state index in [1.54, 1.807) is 4.90 Å². The molecule has 158 valence electrons. The lowest BCUT2D eigenvalue weighted by atomic mass is 10.1. The van der Waals surface area contributed by atoms with Crippen LogP contribution in [-0.2, 0) is 6.18 Å². The number of hydrogen-bond acceptors (Lipinski definition) is 4. The van der Waals surface area contributed by atoms with E-state index in [4.69, 9.17) is 4.74 Å². The molecule has 1 aliphatic rings. The molecule has 4 rings (SSSR count). The summed E-state index contributed by atoms with van der Waals surface area (Å²) in [5, 5.41) is 0.634. The van der Waals surface area contributed by atoms with Gasteiger partial charge in [-0.25, -0.2) is 4.98 Å². The topological polar surface area (TPSA) is 42.4 Å². The normalized spacial score (nSPS) is 15.6. The Kier molecular flexibility index (Phi) is 5.44. The summed E-state index contributed by atoms with van der Waals surface area (Å²) in [5.41, 5.74) is 2.75. The molecule has 0 unspecified atom stereocenters. The number of carbonyl (C=O) groups is 1. The maximum atomic E-state index is 12.7. The molecule has 1 aliphatic heterocycles. The number of amides is 1. The van der Waals surface area contributed by atoms with E-state index in [-0.39, 0.29) is 17.6 Å². The maximum Gasteiger partial charge on any atom is 0.416 e. The Bertz CT molecular complexity index is 1030. The number of likely N-dealkylation sites (tertiary alicyclic amines) is 1. The molecule has 0 bridgehead atoms. The highest BCUT2D eigenvalue weighted by Gasteiger charge is 2.31. The summed E-state index contributed by atoms with van der Waals surface area (Å²) in [6, 6.07) is 8.48. The second-order valence-corrected chi connectivity index (χ2v) is 8.50.